The van der Waals surface area contributed by atoms with Gasteiger partial charge in [0, 0.05) is 50.3 Å². The Morgan fingerprint density at radius 2 is 0.842 bits per heavy atom. The standard InChI is InChI=1S/C73H71BN2/c1-46-19-17-18-22-59(46)69-66(51-20-15-14-16-21-51)62-42-53(50-27-36-56(37-28-50)72(8,9)10)41-61-60-44-57(73(11,12)13)45-65-67(60)74(76(69)68(61)62)63-43-52(49-25-34-55(35-26-49)71(5,6)7)31-40-64(63)75(65)58-38-29-48(30-39-58)47-23-32-54(33-24-47)70(2,3)4/h14-45H,1-13H3. The van der Waals surface area contributed by atoms with Crippen LogP contribution in [0, 0.1) is 6.92 Å². The maximum Gasteiger partial charge on any atom is 0.333 e. The summed E-state index contributed by atoms with van der Waals surface area (Å²) in [5.41, 5.74) is 29.0. The topological polar surface area (TPSA) is 8.17 Å². The third-order valence-electron chi connectivity index (χ3n) is 16.6. The van der Waals surface area contributed by atoms with Crippen molar-refractivity contribution < 1.29 is 0 Å². The predicted molar refractivity (Wildman–Crippen MR) is 329 cm³/mol. The zero-order valence-corrected chi connectivity index (χ0v) is 46.9. The fourth-order valence-corrected chi connectivity index (χ4v) is 12.1. The second kappa shape index (κ2) is 17.7. The van der Waals surface area contributed by atoms with Gasteiger partial charge in [-0.2, -0.15) is 0 Å². The fourth-order valence-electron chi connectivity index (χ4n) is 12.1. The molecule has 12 rings (SSSR count). The summed E-state index contributed by atoms with van der Waals surface area (Å²) < 4.78 is 2.78. The highest BCUT2D eigenvalue weighted by Gasteiger charge is 2.45. The van der Waals surface area contributed by atoms with Gasteiger partial charge in [0.15, 0.2) is 0 Å². The highest BCUT2D eigenvalue weighted by molar-refractivity contribution is 6.90. The van der Waals surface area contributed by atoms with Crippen molar-refractivity contribution in [3.8, 4) is 66.9 Å². The lowest BCUT2D eigenvalue weighted by molar-refractivity contribution is 0.590. The summed E-state index contributed by atoms with van der Waals surface area (Å²) in [6.07, 6.45) is 0. The van der Waals surface area contributed by atoms with E-state index in [1.807, 2.05) is 0 Å². The van der Waals surface area contributed by atoms with Crippen LogP contribution >= 0.6 is 0 Å². The predicted octanol–water partition coefficient (Wildman–Crippen LogP) is 18.9. The fraction of sp³-hybridized carbons (Fsp3) is 0.233. The Bertz CT molecular complexity index is 3860. The van der Waals surface area contributed by atoms with E-state index in [4.69, 9.17) is 0 Å². The monoisotopic (exact) mass is 987 g/mol. The van der Waals surface area contributed by atoms with E-state index in [9.17, 15) is 0 Å². The van der Waals surface area contributed by atoms with Gasteiger partial charge in [0.05, 0.1) is 0 Å². The quantitative estimate of drug-likeness (QED) is 0.151. The van der Waals surface area contributed by atoms with Crippen LogP contribution in [0.2, 0.25) is 0 Å². The summed E-state index contributed by atoms with van der Waals surface area (Å²) in [6, 6.07) is 74.8. The number of hydrogen-bond acceptors (Lipinski definition) is 1. The average molecular weight is 987 g/mol. The Balaban J connectivity index is 1.20. The van der Waals surface area contributed by atoms with Gasteiger partial charge in [0.25, 0.3) is 0 Å². The summed E-state index contributed by atoms with van der Waals surface area (Å²) in [6.45, 7) is 29.9. The van der Waals surface area contributed by atoms with Gasteiger partial charge in [0.2, 0.25) is 0 Å². The zero-order chi connectivity index (χ0) is 53.2. The summed E-state index contributed by atoms with van der Waals surface area (Å²) in [5.74, 6) is 0. The summed E-state index contributed by atoms with van der Waals surface area (Å²) in [7, 11) is 0. The third-order valence-corrected chi connectivity index (χ3v) is 16.6. The molecule has 0 atom stereocenters. The Morgan fingerprint density at radius 3 is 1.38 bits per heavy atom. The molecule has 76 heavy (non-hydrogen) atoms. The van der Waals surface area contributed by atoms with E-state index in [0.717, 1.165) is 5.69 Å². The minimum Gasteiger partial charge on any atom is -0.375 e. The molecule has 1 aromatic heterocycles. The molecule has 0 N–H and O–H groups in total. The lowest BCUT2D eigenvalue weighted by Crippen LogP contribution is -2.57. The number of aromatic nitrogens is 1. The van der Waals surface area contributed by atoms with Crippen LogP contribution in [0.1, 0.15) is 111 Å². The number of aryl methyl sites for hydroxylation is 1. The van der Waals surface area contributed by atoms with Gasteiger partial charge < -0.3 is 9.38 Å². The van der Waals surface area contributed by atoms with Crippen LogP contribution in [-0.2, 0) is 21.7 Å². The number of hydrogen-bond donors (Lipinski definition) is 0. The highest BCUT2D eigenvalue weighted by atomic mass is 15.2. The van der Waals surface area contributed by atoms with E-state index in [2.05, 4.69) is 294 Å². The van der Waals surface area contributed by atoms with Crippen molar-refractivity contribution in [2.75, 3.05) is 4.90 Å². The SMILES string of the molecule is Cc1ccccc1-c1c(-c2ccccc2)c2cc(-c3ccc(C(C)(C)C)cc3)cc3c2n1B1c2cc(-c4ccc(C(C)(C)C)cc4)ccc2N(c2ccc(-c4ccc(C(C)(C)C)cc4)cc2)c2cc(C(C)(C)C)cc-3c21. The maximum atomic E-state index is 2.78. The molecule has 0 fully saturated rings. The van der Waals surface area contributed by atoms with Crippen molar-refractivity contribution in [1.29, 1.82) is 0 Å². The average Bonchev–Trinajstić information content (AvgIpc) is 3.78. The van der Waals surface area contributed by atoms with Crippen molar-refractivity contribution in [2.24, 2.45) is 0 Å². The van der Waals surface area contributed by atoms with E-state index in [-0.39, 0.29) is 28.5 Å². The van der Waals surface area contributed by atoms with Crippen molar-refractivity contribution in [3.63, 3.8) is 0 Å². The van der Waals surface area contributed by atoms with E-state index >= 15 is 0 Å². The maximum absolute atomic E-state index is 2.78. The van der Waals surface area contributed by atoms with Crippen LogP contribution in [0.4, 0.5) is 17.1 Å². The van der Waals surface area contributed by atoms with Crippen molar-refractivity contribution >= 4 is 45.7 Å². The normalized spacial score (nSPS) is 13.3. The van der Waals surface area contributed by atoms with Crippen LogP contribution in [0.5, 0.6) is 0 Å². The molecule has 0 radical (unpaired) electrons. The second-order valence-corrected chi connectivity index (χ2v) is 25.9. The van der Waals surface area contributed by atoms with E-state index in [0.29, 0.717) is 0 Å². The Kier molecular flexibility index (Phi) is 11.5. The van der Waals surface area contributed by atoms with Gasteiger partial charge in [-0.1, -0.05) is 241 Å². The van der Waals surface area contributed by atoms with Gasteiger partial charge in [-0.15, -0.1) is 0 Å². The van der Waals surface area contributed by atoms with Crippen LogP contribution in [0.15, 0.2) is 194 Å². The summed E-state index contributed by atoms with van der Waals surface area (Å²) in [4.78, 5) is 2.59. The molecule has 2 nitrogen and oxygen atoms in total. The molecule has 0 spiro atoms. The number of benzene rings is 9. The summed E-state index contributed by atoms with van der Waals surface area (Å²) in [5, 5.41) is 1.27. The van der Waals surface area contributed by atoms with Crippen LogP contribution in [-0.4, -0.2) is 11.3 Å². The first kappa shape index (κ1) is 49.3. The molecule has 2 aliphatic heterocycles. The van der Waals surface area contributed by atoms with E-state index < -0.39 is 0 Å². The lowest BCUT2D eigenvalue weighted by atomic mass is 9.44. The van der Waals surface area contributed by atoms with Crippen molar-refractivity contribution in [2.45, 2.75) is 112 Å². The van der Waals surface area contributed by atoms with E-state index in [1.165, 1.54) is 128 Å². The van der Waals surface area contributed by atoms with Crippen LogP contribution < -0.4 is 15.8 Å². The Morgan fingerprint density at radius 1 is 0.355 bits per heavy atom. The molecule has 0 aliphatic carbocycles. The first-order chi connectivity index (χ1) is 36.1. The number of nitrogens with zero attached hydrogens (tertiary/aromatic N) is 2. The first-order valence-corrected chi connectivity index (χ1v) is 27.5. The molecule has 0 saturated heterocycles. The Labute approximate surface area is 453 Å². The Hall–Kier alpha value is -7.62. The highest BCUT2D eigenvalue weighted by Crippen LogP contribution is 2.52. The molecule has 0 saturated carbocycles. The van der Waals surface area contributed by atoms with Crippen LogP contribution in [0.25, 0.3) is 77.8 Å². The molecule has 3 heteroatoms. The molecule has 376 valence electrons. The van der Waals surface area contributed by atoms with E-state index in [1.54, 1.807) is 0 Å². The molecule has 9 aromatic carbocycles. The zero-order valence-electron chi connectivity index (χ0n) is 46.9. The smallest absolute Gasteiger partial charge is 0.333 e. The minimum absolute atomic E-state index is 0.0476. The largest absolute Gasteiger partial charge is 0.375 e. The van der Waals surface area contributed by atoms with Gasteiger partial charge in [0.1, 0.15) is 0 Å². The number of anilines is 3. The van der Waals surface area contributed by atoms with Crippen molar-refractivity contribution in [3.05, 3.63) is 222 Å². The molecule has 10 aromatic rings. The number of rotatable bonds is 6. The minimum atomic E-state index is -0.154. The van der Waals surface area contributed by atoms with Crippen molar-refractivity contribution in [1.82, 2.24) is 4.48 Å². The molecular weight excluding hydrogens is 916 g/mol. The lowest BCUT2D eigenvalue weighted by Gasteiger charge is -2.42. The summed E-state index contributed by atoms with van der Waals surface area (Å²) >= 11 is 0. The first-order valence-electron chi connectivity index (χ1n) is 27.5. The second-order valence-electron chi connectivity index (χ2n) is 25.9. The van der Waals surface area contributed by atoms with Gasteiger partial charge in [-0.3, -0.25) is 0 Å². The molecule has 3 heterocycles. The van der Waals surface area contributed by atoms with Gasteiger partial charge >= 0.3 is 6.85 Å². The van der Waals surface area contributed by atoms with Gasteiger partial charge in [-0.25, -0.2) is 0 Å². The molecule has 2 aliphatic rings. The van der Waals surface area contributed by atoms with Gasteiger partial charge in [-0.05, 0) is 148 Å². The number of fused-ring (bicyclic) bond motifs is 4. The molecular formula is C73H71BN2. The third kappa shape index (κ3) is 8.35. The van der Waals surface area contributed by atoms with Crippen LogP contribution in [0.3, 0.4) is 0 Å². The molecule has 0 unspecified atom stereocenters. The molecule has 0 amide bonds. The molecule has 0 bridgehead atoms.